The number of nitrogens with zero attached hydrogens (tertiary/aromatic N) is 2. The topological polar surface area (TPSA) is 75.9 Å². The van der Waals surface area contributed by atoms with Gasteiger partial charge in [0.25, 0.3) is 0 Å². The van der Waals surface area contributed by atoms with E-state index in [0.717, 1.165) is 5.56 Å². The van der Waals surface area contributed by atoms with Gasteiger partial charge in [0.15, 0.2) is 0 Å². The predicted molar refractivity (Wildman–Crippen MR) is 124 cm³/mol. The van der Waals surface area contributed by atoms with E-state index in [2.05, 4.69) is 20.6 Å². The zero-order chi connectivity index (χ0) is 23.5. The van der Waals surface area contributed by atoms with Crippen molar-refractivity contribution in [3.05, 3.63) is 67.7 Å². The standard InChI is InChI=1S/C20H16Cl4F3N5/c21-13-4-3-11(8-14(13)22)31-19-30-9-12(20(25,26)27)18(32-19)29-5-1-2-10-6-15(23)17(28)16(24)7-10/h3-4,6-9H,1-2,5,28H2,(H2,29,30,31,32). The van der Waals surface area contributed by atoms with Crippen molar-refractivity contribution < 1.29 is 13.2 Å². The molecule has 0 bridgehead atoms. The van der Waals surface area contributed by atoms with Gasteiger partial charge in [-0.05, 0) is 48.7 Å². The Kier molecular flexibility index (Phi) is 7.82. The maximum atomic E-state index is 13.4. The minimum Gasteiger partial charge on any atom is -0.396 e. The first-order chi connectivity index (χ1) is 15.0. The largest absolute Gasteiger partial charge is 0.421 e. The molecule has 12 heteroatoms. The molecule has 0 fully saturated rings. The Morgan fingerprint density at radius 1 is 0.938 bits per heavy atom. The van der Waals surface area contributed by atoms with Crippen molar-refractivity contribution in [2.45, 2.75) is 19.0 Å². The normalized spacial score (nSPS) is 11.5. The van der Waals surface area contributed by atoms with E-state index in [9.17, 15) is 13.2 Å². The second-order valence-electron chi connectivity index (χ2n) is 6.71. The quantitative estimate of drug-likeness (QED) is 0.220. The first-order valence-corrected chi connectivity index (χ1v) is 10.7. The van der Waals surface area contributed by atoms with Gasteiger partial charge < -0.3 is 16.4 Å². The van der Waals surface area contributed by atoms with Crippen LogP contribution in [0, 0.1) is 0 Å². The van der Waals surface area contributed by atoms with Crippen molar-refractivity contribution in [3.63, 3.8) is 0 Å². The highest BCUT2D eigenvalue weighted by Gasteiger charge is 2.35. The Balaban J connectivity index is 1.71. The highest BCUT2D eigenvalue weighted by atomic mass is 35.5. The van der Waals surface area contributed by atoms with Crippen molar-refractivity contribution in [3.8, 4) is 0 Å². The molecule has 0 amide bonds. The molecule has 2 aromatic carbocycles. The Morgan fingerprint density at radius 2 is 1.62 bits per heavy atom. The fourth-order valence-electron chi connectivity index (χ4n) is 2.77. The number of benzene rings is 2. The van der Waals surface area contributed by atoms with Gasteiger partial charge >= 0.3 is 6.18 Å². The molecule has 3 aromatic rings. The van der Waals surface area contributed by atoms with Gasteiger partial charge in [-0.2, -0.15) is 18.2 Å². The van der Waals surface area contributed by atoms with E-state index in [4.69, 9.17) is 52.1 Å². The summed E-state index contributed by atoms with van der Waals surface area (Å²) in [6, 6.07) is 8.01. The number of alkyl halides is 3. The van der Waals surface area contributed by atoms with Gasteiger partial charge in [0.1, 0.15) is 11.4 Å². The number of hydrogen-bond donors (Lipinski definition) is 3. The molecule has 0 unspecified atom stereocenters. The molecule has 0 aliphatic rings. The molecule has 5 nitrogen and oxygen atoms in total. The minimum atomic E-state index is -4.62. The fraction of sp³-hybridized carbons (Fsp3) is 0.200. The summed E-state index contributed by atoms with van der Waals surface area (Å²) in [6.07, 6.45) is -2.89. The van der Waals surface area contributed by atoms with Crippen LogP contribution < -0.4 is 16.4 Å². The molecule has 0 radical (unpaired) electrons. The van der Waals surface area contributed by atoms with Crippen LogP contribution in [0.25, 0.3) is 0 Å². The molecule has 0 saturated heterocycles. The van der Waals surface area contributed by atoms with E-state index in [1.54, 1.807) is 24.3 Å². The molecular formula is C20H16Cl4F3N5. The molecule has 32 heavy (non-hydrogen) atoms. The Morgan fingerprint density at radius 3 is 2.25 bits per heavy atom. The van der Waals surface area contributed by atoms with Crippen LogP contribution in [0.4, 0.5) is 36.3 Å². The van der Waals surface area contributed by atoms with E-state index >= 15 is 0 Å². The average molecular weight is 525 g/mol. The highest BCUT2D eigenvalue weighted by molar-refractivity contribution is 6.42. The van der Waals surface area contributed by atoms with Crippen LogP contribution in [0.1, 0.15) is 17.5 Å². The van der Waals surface area contributed by atoms with Gasteiger partial charge in [-0.3, -0.25) is 0 Å². The van der Waals surface area contributed by atoms with Crippen LogP contribution in [0.15, 0.2) is 36.5 Å². The van der Waals surface area contributed by atoms with Crippen LogP contribution in [0.2, 0.25) is 20.1 Å². The average Bonchev–Trinajstić information content (AvgIpc) is 2.71. The molecule has 0 aliphatic carbocycles. The number of nitrogens with two attached hydrogens (primary N) is 1. The van der Waals surface area contributed by atoms with Crippen LogP contribution in [0.5, 0.6) is 0 Å². The van der Waals surface area contributed by atoms with Crippen molar-refractivity contribution in [1.29, 1.82) is 0 Å². The Bertz CT molecular complexity index is 1100. The molecule has 0 saturated carbocycles. The Labute approximate surface area is 202 Å². The lowest BCUT2D eigenvalue weighted by molar-refractivity contribution is -0.137. The predicted octanol–water partition coefficient (Wildman–Crippen LogP) is 7.48. The van der Waals surface area contributed by atoms with Gasteiger partial charge in [0, 0.05) is 18.4 Å². The minimum absolute atomic E-state index is 0.0315. The summed E-state index contributed by atoms with van der Waals surface area (Å²) in [4.78, 5) is 7.74. The van der Waals surface area contributed by atoms with Crippen molar-refractivity contribution in [2.24, 2.45) is 0 Å². The smallest absolute Gasteiger partial charge is 0.396 e. The molecule has 1 heterocycles. The van der Waals surface area contributed by atoms with Crippen molar-refractivity contribution in [2.75, 3.05) is 22.9 Å². The third kappa shape index (κ3) is 6.22. The summed E-state index contributed by atoms with van der Waals surface area (Å²) in [6.45, 7) is 0.214. The summed E-state index contributed by atoms with van der Waals surface area (Å²) in [5.74, 6) is -0.376. The summed E-state index contributed by atoms with van der Waals surface area (Å²) >= 11 is 23.9. The van der Waals surface area contributed by atoms with E-state index < -0.39 is 11.7 Å². The van der Waals surface area contributed by atoms with Crippen LogP contribution in [-0.4, -0.2) is 16.5 Å². The van der Waals surface area contributed by atoms with E-state index in [-0.39, 0.29) is 29.0 Å². The molecule has 0 atom stereocenters. The lowest BCUT2D eigenvalue weighted by Gasteiger charge is -2.15. The Hall–Kier alpha value is -2.13. The zero-order valence-corrected chi connectivity index (χ0v) is 19.2. The lowest BCUT2D eigenvalue weighted by Crippen LogP contribution is -2.15. The third-order valence-electron chi connectivity index (χ3n) is 4.34. The summed E-state index contributed by atoms with van der Waals surface area (Å²) in [7, 11) is 0. The van der Waals surface area contributed by atoms with Gasteiger partial charge in [0.2, 0.25) is 5.95 Å². The maximum Gasteiger partial charge on any atom is 0.421 e. The third-order valence-corrected chi connectivity index (χ3v) is 5.71. The van der Waals surface area contributed by atoms with Gasteiger partial charge in [-0.1, -0.05) is 46.4 Å². The van der Waals surface area contributed by atoms with Crippen LogP contribution in [0.3, 0.4) is 0 Å². The lowest BCUT2D eigenvalue weighted by atomic mass is 10.1. The van der Waals surface area contributed by atoms with Gasteiger partial charge in [0.05, 0.1) is 25.8 Å². The van der Waals surface area contributed by atoms with Gasteiger partial charge in [-0.15, -0.1) is 0 Å². The number of nitrogen functional groups attached to an aromatic ring is 1. The summed E-state index contributed by atoms with van der Waals surface area (Å²) in [5, 5.41) is 6.82. The van der Waals surface area contributed by atoms with E-state index in [0.29, 0.717) is 39.8 Å². The number of halogens is 7. The molecule has 4 N–H and O–H groups in total. The molecule has 0 spiro atoms. The number of hydrogen-bond acceptors (Lipinski definition) is 5. The van der Waals surface area contributed by atoms with Crippen LogP contribution >= 0.6 is 46.4 Å². The number of aryl methyl sites for hydroxylation is 1. The molecule has 1 aromatic heterocycles. The highest BCUT2D eigenvalue weighted by Crippen LogP contribution is 2.35. The molecule has 3 rings (SSSR count). The molecular weight excluding hydrogens is 509 g/mol. The molecule has 170 valence electrons. The van der Waals surface area contributed by atoms with Gasteiger partial charge in [-0.25, -0.2) is 4.98 Å². The summed E-state index contributed by atoms with van der Waals surface area (Å²) in [5.41, 5.74) is 6.31. The zero-order valence-electron chi connectivity index (χ0n) is 16.2. The maximum absolute atomic E-state index is 13.4. The number of nitrogens with one attached hydrogen (secondary N) is 2. The molecule has 0 aliphatic heterocycles. The SMILES string of the molecule is Nc1c(Cl)cc(CCCNc2nc(Nc3ccc(Cl)c(Cl)c3)ncc2C(F)(F)F)cc1Cl. The monoisotopic (exact) mass is 523 g/mol. The number of anilines is 4. The van der Waals surface area contributed by atoms with Crippen LogP contribution in [-0.2, 0) is 12.6 Å². The fourth-order valence-corrected chi connectivity index (χ4v) is 3.60. The van der Waals surface area contributed by atoms with E-state index in [1.807, 2.05) is 0 Å². The number of rotatable bonds is 7. The second kappa shape index (κ2) is 10.2. The first kappa shape index (κ1) is 24.5. The van der Waals surface area contributed by atoms with Crippen molar-refractivity contribution in [1.82, 2.24) is 9.97 Å². The summed E-state index contributed by atoms with van der Waals surface area (Å²) < 4.78 is 40.2. The number of aromatic nitrogens is 2. The van der Waals surface area contributed by atoms with E-state index in [1.165, 1.54) is 6.07 Å². The second-order valence-corrected chi connectivity index (χ2v) is 8.34. The first-order valence-electron chi connectivity index (χ1n) is 9.18. The van der Waals surface area contributed by atoms with Crippen molar-refractivity contribution >= 4 is 69.5 Å².